The molecular formula is C19H13F9N4O. The summed E-state index contributed by atoms with van der Waals surface area (Å²) in [5, 5.41) is 9.10. The lowest BCUT2D eigenvalue weighted by atomic mass is 9.99. The van der Waals surface area contributed by atoms with Gasteiger partial charge in [-0.05, 0) is 42.0 Å². The molecule has 1 heterocycles. The number of benzene rings is 2. The molecular weight excluding hydrogens is 471 g/mol. The number of nitriles is 1. The largest absolute Gasteiger partial charge is 0.489 e. The third-order valence-electron chi connectivity index (χ3n) is 4.68. The maximum absolute atomic E-state index is 13.3. The second kappa shape index (κ2) is 8.73. The molecule has 0 saturated carbocycles. The maximum Gasteiger partial charge on any atom is 0.416 e. The van der Waals surface area contributed by atoms with Crippen LogP contribution in [0.1, 0.15) is 33.9 Å². The fourth-order valence-electron chi connectivity index (χ4n) is 3.12. The quantitative estimate of drug-likeness (QED) is 0.541. The molecule has 33 heavy (non-hydrogen) atoms. The molecule has 3 N–H and O–H groups in total. The number of rotatable bonds is 4. The van der Waals surface area contributed by atoms with Gasteiger partial charge < -0.3 is 4.74 Å². The zero-order valence-electron chi connectivity index (χ0n) is 16.1. The first kappa shape index (κ1) is 24.6. The van der Waals surface area contributed by atoms with E-state index in [4.69, 9.17) is 10.00 Å². The molecule has 1 aliphatic rings. The predicted octanol–water partition coefficient (Wildman–Crippen LogP) is 4.87. The summed E-state index contributed by atoms with van der Waals surface area (Å²) in [6, 6.07) is 2.80. The fourth-order valence-corrected chi connectivity index (χ4v) is 3.12. The zero-order valence-corrected chi connectivity index (χ0v) is 16.1. The average molecular weight is 484 g/mol. The summed E-state index contributed by atoms with van der Waals surface area (Å²) in [7, 11) is 0. The lowest BCUT2D eigenvalue weighted by Crippen LogP contribution is -2.32. The van der Waals surface area contributed by atoms with Gasteiger partial charge in [0.2, 0.25) is 0 Å². The van der Waals surface area contributed by atoms with Crippen molar-refractivity contribution in [1.29, 1.82) is 5.26 Å². The van der Waals surface area contributed by atoms with E-state index in [1.807, 2.05) is 0 Å². The van der Waals surface area contributed by atoms with Crippen LogP contribution in [0.2, 0.25) is 0 Å². The molecule has 1 fully saturated rings. The van der Waals surface area contributed by atoms with Crippen LogP contribution in [0.25, 0.3) is 0 Å². The number of ether oxygens (including phenoxy) is 1. The molecule has 2 aromatic carbocycles. The summed E-state index contributed by atoms with van der Waals surface area (Å²) in [5.41, 5.74) is 2.35. The molecule has 2 atom stereocenters. The Morgan fingerprint density at radius 1 is 0.818 bits per heavy atom. The minimum atomic E-state index is -5.02. The number of hydrogen-bond acceptors (Lipinski definition) is 5. The molecule has 0 aromatic heterocycles. The highest BCUT2D eigenvalue weighted by Crippen LogP contribution is 2.38. The second-order valence-corrected chi connectivity index (χ2v) is 6.94. The normalized spacial score (nSPS) is 19.4. The molecule has 0 radical (unpaired) electrons. The lowest BCUT2D eigenvalue weighted by molar-refractivity contribution is -0.142. The van der Waals surface area contributed by atoms with E-state index in [1.165, 1.54) is 0 Å². The Hall–Kier alpha value is -3.02. The first-order valence-electron chi connectivity index (χ1n) is 8.98. The van der Waals surface area contributed by atoms with Crippen LogP contribution in [0.3, 0.4) is 0 Å². The van der Waals surface area contributed by atoms with E-state index in [0.717, 1.165) is 12.1 Å². The maximum atomic E-state index is 13.3. The van der Waals surface area contributed by atoms with E-state index in [1.54, 1.807) is 6.07 Å². The highest BCUT2D eigenvalue weighted by Gasteiger charge is 2.38. The summed E-state index contributed by atoms with van der Waals surface area (Å²) in [6.45, 7) is -1.09. The van der Waals surface area contributed by atoms with Gasteiger partial charge in [-0.15, -0.1) is 0 Å². The molecule has 2 aromatic rings. The monoisotopic (exact) mass is 484 g/mol. The van der Waals surface area contributed by atoms with Gasteiger partial charge in [-0.2, -0.15) is 50.3 Å². The standard InChI is InChI=1S/C19H13F9N4O/c20-17(21,22)11-1-2-14(19(26,27)28)10(4-11)8-33-13-5-9(3-12(6-13)18(23,24)25)16-15(7-29)30-32-31-16/h1-6,15-16,30-32H,8H2. The van der Waals surface area contributed by atoms with Crippen LogP contribution >= 0.6 is 0 Å². The first-order chi connectivity index (χ1) is 15.2. The number of nitrogens with one attached hydrogen (secondary N) is 3. The predicted molar refractivity (Wildman–Crippen MR) is 93.8 cm³/mol. The minimum absolute atomic E-state index is 0.0936. The summed E-state index contributed by atoms with van der Waals surface area (Å²) in [6.07, 6.45) is -14.8. The van der Waals surface area contributed by atoms with Crippen LogP contribution in [0.15, 0.2) is 36.4 Å². The lowest BCUT2D eigenvalue weighted by Gasteiger charge is -2.19. The summed E-state index contributed by atoms with van der Waals surface area (Å²) in [4.78, 5) is 0. The number of halogens is 9. The number of nitrogens with zero attached hydrogens (tertiary/aromatic N) is 1. The van der Waals surface area contributed by atoms with Crippen molar-refractivity contribution in [3.8, 4) is 11.8 Å². The van der Waals surface area contributed by atoms with Gasteiger partial charge in [0, 0.05) is 5.56 Å². The van der Waals surface area contributed by atoms with Gasteiger partial charge in [0.15, 0.2) is 0 Å². The Labute approximate surface area is 180 Å². The van der Waals surface area contributed by atoms with Crippen molar-refractivity contribution < 1.29 is 44.3 Å². The van der Waals surface area contributed by atoms with E-state index in [-0.39, 0.29) is 23.8 Å². The molecule has 1 aliphatic heterocycles. The molecule has 178 valence electrons. The van der Waals surface area contributed by atoms with Gasteiger partial charge in [0.05, 0.1) is 28.8 Å². The van der Waals surface area contributed by atoms with Crippen LogP contribution in [0.5, 0.6) is 5.75 Å². The van der Waals surface area contributed by atoms with Crippen molar-refractivity contribution >= 4 is 0 Å². The van der Waals surface area contributed by atoms with Crippen molar-refractivity contribution in [1.82, 2.24) is 16.4 Å². The smallest absolute Gasteiger partial charge is 0.416 e. The molecule has 14 heteroatoms. The molecule has 0 amide bonds. The Kier molecular flexibility index (Phi) is 6.51. The Balaban J connectivity index is 1.98. The zero-order chi connectivity index (χ0) is 24.6. The second-order valence-electron chi connectivity index (χ2n) is 6.94. The van der Waals surface area contributed by atoms with Crippen molar-refractivity contribution in [2.45, 2.75) is 37.2 Å². The van der Waals surface area contributed by atoms with Crippen LogP contribution in [-0.4, -0.2) is 6.04 Å². The average Bonchev–Trinajstić information content (AvgIpc) is 3.18. The van der Waals surface area contributed by atoms with Crippen molar-refractivity contribution in [3.05, 3.63) is 64.2 Å². The highest BCUT2D eigenvalue weighted by atomic mass is 19.4. The van der Waals surface area contributed by atoms with Crippen LogP contribution < -0.4 is 21.1 Å². The fraction of sp³-hybridized carbons (Fsp3) is 0.316. The van der Waals surface area contributed by atoms with E-state index in [9.17, 15) is 39.5 Å². The first-order valence-corrected chi connectivity index (χ1v) is 8.98. The summed E-state index contributed by atoms with van der Waals surface area (Å²) >= 11 is 0. The molecule has 5 nitrogen and oxygen atoms in total. The van der Waals surface area contributed by atoms with Crippen molar-refractivity contribution in [3.63, 3.8) is 0 Å². The third kappa shape index (κ3) is 5.67. The van der Waals surface area contributed by atoms with Crippen LogP contribution in [-0.2, 0) is 25.1 Å². The Bertz CT molecular complexity index is 1060. The molecule has 0 aliphatic carbocycles. The number of alkyl halides is 9. The van der Waals surface area contributed by atoms with E-state index < -0.39 is 65.2 Å². The summed E-state index contributed by atoms with van der Waals surface area (Å²) < 4.78 is 124. The van der Waals surface area contributed by atoms with Gasteiger partial charge in [-0.25, -0.2) is 10.9 Å². The van der Waals surface area contributed by atoms with Crippen molar-refractivity contribution in [2.24, 2.45) is 0 Å². The van der Waals surface area contributed by atoms with Gasteiger partial charge in [-0.1, -0.05) is 0 Å². The van der Waals surface area contributed by atoms with Gasteiger partial charge >= 0.3 is 18.5 Å². The number of hydrazine groups is 2. The van der Waals surface area contributed by atoms with E-state index in [0.29, 0.717) is 6.07 Å². The Morgan fingerprint density at radius 3 is 2.06 bits per heavy atom. The van der Waals surface area contributed by atoms with E-state index in [2.05, 4.69) is 16.4 Å². The van der Waals surface area contributed by atoms with Crippen molar-refractivity contribution in [2.75, 3.05) is 0 Å². The SMILES string of the molecule is N#CC1NNNC1c1cc(OCc2cc(C(F)(F)F)ccc2C(F)(F)F)cc(C(F)(F)F)c1. The van der Waals surface area contributed by atoms with Gasteiger partial charge in [0.25, 0.3) is 0 Å². The van der Waals surface area contributed by atoms with Gasteiger partial charge in [-0.3, -0.25) is 0 Å². The molecule has 1 saturated heterocycles. The molecule has 0 bridgehead atoms. The summed E-state index contributed by atoms with van der Waals surface area (Å²) in [5.74, 6) is -0.546. The number of hydrogen-bond donors (Lipinski definition) is 3. The van der Waals surface area contributed by atoms with Gasteiger partial charge in [0.1, 0.15) is 18.4 Å². The van der Waals surface area contributed by atoms with Crippen LogP contribution in [0, 0.1) is 11.3 Å². The Morgan fingerprint density at radius 2 is 1.48 bits per heavy atom. The third-order valence-corrected chi connectivity index (χ3v) is 4.68. The van der Waals surface area contributed by atoms with E-state index >= 15 is 0 Å². The van der Waals surface area contributed by atoms with Crippen LogP contribution in [0.4, 0.5) is 39.5 Å². The molecule has 0 spiro atoms. The topological polar surface area (TPSA) is 69.1 Å². The minimum Gasteiger partial charge on any atom is -0.489 e. The molecule has 3 rings (SSSR count). The molecule has 2 unspecified atom stereocenters. The highest BCUT2D eigenvalue weighted by molar-refractivity contribution is 5.40.